The van der Waals surface area contributed by atoms with E-state index in [9.17, 15) is 10.1 Å². The number of amides is 1. The van der Waals surface area contributed by atoms with E-state index in [-0.39, 0.29) is 6.61 Å². The quantitative estimate of drug-likeness (QED) is 0.804. The zero-order valence-electron chi connectivity index (χ0n) is 11.5. The van der Waals surface area contributed by atoms with Gasteiger partial charge in [-0.2, -0.15) is 5.26 Å². The van der Waals surface area contributed by atoms with E-state index in [0.29, 0.717) is 5.69 Å². The molecular weight excluding hydrogens is 266 g/mol. The van der Waals surface area contributed by atoms with Crippen LogP contribution >= 0.6 is 0 Å². The van der Waals surface area contributed by atoms with E-state index in [2.05, 4.69) is 11.1 Å². The van der Waals surface area contributed by atoms with E-state index in [0.717, 1.165) is 16.5 Å². The molecule has 1 aliphatic heterocycles. The predicted octanol–water partition coefficient (Wildman–Crippen LogP) is 3.12. The van der Waals surface area contributed by atoms with E-state index in [1.165, 1.54) is 4.90 Å². The first-order valence-corrected chi connectivity index (χ1v) is 6.67. The molecule has 1 aromatic heterocycles. The zero-order valence-corrected chi connectivity index (χ0v) is 11.5. The van der Waals surface area contributed by atoms with Gasteiger partial charge in [0.2, 0.25) is 0 Å². The summed E-state index contributed by atoms with van der Waals surface area (Å²) in [7, 11) is 0. The number of pyridine rings is 1. The number of fused-ring (bicyclic) bond motifs is 3. The lowest BCUT2D eigenvalue weighted by molar-refractivity contribution is 0.159. The second kappa shape index (κ2) is 5.25. The third-order valence-corrected chi connectivity index (χ3v) is 3.37. The topological polar surface area (TPSA) is 66.2 Å². The first-order valence-electron chi connectivity index (χ1n) is 6.67. The van der Waals surface area contributed by atoms with Crippen molar-refractivity contribution in [2.45, 2.75) is 13.0 Å². The molecular formula is C16H13N3O2. The lowest BCUT2D eigenvalue weighted by Gasteiger charge is -2.29. The molecule has 2 heterocycles. The van der Waals surface area contributed by atoms with Gasteiger partial charge in [-0.25, -0.2) is 4.79 Å². The minimum atomic E-state index is -0.669. The lowest BCUT2D eigenvalue weighted by Crippen LogP contribution is -2.40. The third kappa shape index (κ3) is 2.11. The van der Waals surface area contributed by atoms with Crippen LogP contribution in [0.2, 0.25) is 0 Å². The van der Waals surface area contributed by atoms with Crippen molar-refractivity contribution in [2.75, 3.05) is 11.5 Å². The predicted molar refractivity (Wildman–Crippen MR) is 79.7 cm³/mol. The molecule has 0 radical (unpaired) electrons. The Bertz CT molecular complexity index is 777. The highest BCUT2D eigenvalue weighted by Gasteiger charge is 2.30. The second-order valence-electron chi connectivity index (χ2n) is 4.58. The van der Waals surface area contributed by atoms with Gasteiger partial charge in [-0.15, -0.1) is 0 Å². The van der Waals surface area contributed by atoms with Gasteiger partial charge in [0.15, 0.2) is 0 Å². The molecule has 1 amide bonds. The number of ether oxygens (including phenoxy) is 1. The first-order chi connectivity index (χ1) is 10.3. The Balaban J connectivity index is 2.19. The minimum absolute atomic E-state index is 0.262. The molecule has 0 saturated carbocycles. The van der Waals surface area contributed by atoms with Crippen molar-refractivity contribution in [3.8, 4) is 6.07 Å². The number of carbonyl (C=O) groups is 1. The number of benzene rings is 1. The summed E-state index contributed by atoms with van der Waals surface area (Å²) >= 11 is 0. The Hall–Kier alpha value is -2.87. The van der Waals surface area contributed by atoms with Crippen molar-refractivity contribution in [3.63, 3.8) is 0 Å². The summed E-state index contributed by atoms with van der Waals surface area (Å²) in [5.41, 5.74) is 2.28. The minimum Gasteiger partial charge on any atom is -0.449 e. The number of carbonyl (C=O) groups excluding carboxylic acids is 1. The van der Waals surface area contributed by atoms with Gasteiger partial charge in [0.25, 0.3) is 0 Å². The largest absolute Gasteiger partial charge is 0.449 e. The summed E-state index contributed by atoms with van der Waals surface area (Å²) in [5, 5.41) is 10.2. The van der Waals surface area contributed by atoms with Gasteiger partial charge in [0.1, 0.15) is 6.04 Å². The van der Waals surface area contributed by atoms with Gasteiger partial charge in [-0.05, 0) is 25.1 Å². The maximum absolute atomic E-state index is 12.2. The molecule has 2 aromatic rings. The number of rotatable bonds is 1. The van der Waals surface area contributed by atoms with Crippen LogP contribution in [0.15, 0.2) is 36.5 Å². The van der Waals surface area contributed by atoms with Crippen LogP contribution < -0.4 is 4.90 Å². The van der Waals surface area contributed by atoms with E-state index < -0.39 is 12.1 Å². The molecule has 3 rings (SSSR count). The van der Waals surface area contributed by atoms with Gasteiger partial charge in [-0.3, -0.25) is 9.88 Å². The highest BCUT2D eigenvalue weighted by molar-refractivity contribution is 6.01. The molecule has 1 aliphatic rings. The van der Waals surface area contributed by atoms with Crippen LogP contribution in [-0.2, 0) is 4.74 Å². The molecule has 0 saturated heterocycles. The van der Waals surface area contributed by atoms with Crippen molar-refractivity contribution in [1.82, 2.24) is 4.98 Å². The summed E-state index contributed by atoms with van der Waals surface area (Å²) in [6.07, 6.45) is 4.72. The number of hydrogen-bond donors (Lipinski definition) is 0. The molecule has 0 fully saturated rings. The summed E-state index contributed by atoms with van der Waals surface area (Å²) in [6, 6.07) is 8.97. The van der Waals surface area contributed by atoms with E-state index >= 15 is 0 Å². The average molecular weight is 279 g/mol. The smallest absolute Gasteiger partial charge is 0.415 e. The van der Waals surface area contributed by atoms with Gasteiger partial charge in [0, 0.05) is 17.1 Å². The van der Waals surface area contributed by atoms with Crippen molar-refractivity contribution < 1.29 is 9.53 Å². The number of aromatic nitrogens is 1. The summed E-state index contributed by atoms with van der Waals surface area (Å²) in [5.74, 6) is 0. The molecule has 0 aliphatic carbocycles. The zero-order chi connectivity index (χ0) is 14.8. The van der Waals surface area contributed by atoms with Gasteiger partial charge in [-0.1, -0.05) is 18.2 Å². The van der Waals surface area contributed by atoms with E-state index in [4.69, 9.17) is 4.74 Å². The van der Waals surface area contributed by atoms with Gasteiger partial charge >= 0.3 is 6.09 Å². The monoisotopic (exact) mass is 279 g/mol. The summed E-state index contributed by atoms with van der Waals surface area (Å²) in [4.78, 5) is 17.9. The number of nitrogens with zero attached hydrogens (tertiary/aromatic N) is 3. The van der Waals surface area contributed by atoms with Crippen LogP contribution in [0.5, 0.6) is 0 Å². The fourth-order valence-corrected chi connectivity index (χ4v) is 2.46. The van der Waals surface area contributed by atoms with Gasteiger partial charge < -0.3 is 4.74 Å². The second-order valence-corrected chi connectivity index (χ2v) is 4.58. The van der Waals surface area contributed by atoms with Crippen LogP contribution in [-0.4, -0.2) is 23.7 Å². The van der Waals surface area contributed by atoms with Crippen LogP contribution in [0.3, 0.4) is 0 Å². The fraction of sp³-hybridized carbons (Fsp3) is 0.188. The highest BCUT2D eigenvalue weighted by atomic mass is 16.6. The Morgan fingerprint density at radius 3 is 3.10 bits per heavy atom. The molecule has 0 spiro atoms. The number of hydrogen-bond acceptors (Lipinski definition) is 4. The van der Waals surface area contributed by atoms with Crippen molar-refractivity contribution >= 4 is 28.8 Å². The summed E-state index contributed by atoms with van der Waals surface area (Å²) < 4.78 is 5.06. The molecule has 104 valence electrons. The molecule has 0 N–H and O–H groups in total. The van der Waals surface area contributed by atoms with Crippen molar-refractivity contribution in [3.05, 3.63) is 42.1 Å². The van der Waals surface area contributed by atoms with Crippen molar-refractivity contribution in [2.24, 2.45) is 0 Å². The third-order valence-electron chi connectivity index (χ3n) is 3.37. The Morgan fingerprint density at radius 2 is 2.33 bits per heavy atom. The summed E-state index contributed by atoms with van der Waals surface area (Å²) in [6.45, 7) is 2.00. The van der Waals surface area contributed by atoms with Crippen LogP contribution in [0, 0.1) is 11.3 Å². The maximum Gasteiger partial charge on any atom is 0.415 e. The first kappa shape index (κ1) is 13.1. The molecule has 1 aromatic carbocycles. The van der Waals surface area contributed by atoms with Crippen molar-refractivity contribution in [1.29, 1.82) is 5.26 Å². The molecule has 0 bridgehead atoms. The lowest BCUT2D eigenvalue weighted by atomic mass is 10.0. The molecule has 1 unspecified atom stereocenters. The number of anilines is 1. The maximum atomic E-state index is 12.2. The van der Waals surface area contributed by atoms with Crippen LogP contribution in [0.25, 0.3) is 17.0 Å². The SMILES string of the molecule is CCOC(=O)N1c2ccc3cccnc3c2C=CC1C#N. The normalized spacial score (nSPS) is 16.4. The Kier molecular flexibility index (Phi) is 3.28. The molecule has 5 nitrogen and oxygen atoms in total. The highest BCUT2D eigenvalue weighted by Crippen LogP contribution is 2.34. The number of nitriles is 1. The van der Waals surface area contributed by atoms with E-state index in [1.807, 2.05) is 30.3 Å². The Labute approximate surface area is 122 Å². The van der Waals surface area contributed by atoms with E-state index in [1.54, 1.807) is 19.2 Å². The molecule has 21 heavy (non-hydrogen) atoms. The Morgan fingerprint density at radius 1 is 1.48 bits per heavy atom. The fourth-order valence-electron chi connectivity index (χ4n) is 2.46. The average Bonchev–Trinajstić information content (AvgIpc) is 2.53. The van der Waals surface area contributed by atoms with Crippen LogP contribution in [0.4, 0.5) is 10.5 Å². The van der Waals surface area contributed by atoms with Crippen LogP contribution in [0.1, 0.15) is 12.5 Å². The molecule has 5 heteroatoms. The van der Waals surface area contributed by atoms with Gasteiger partial charge in [0.05, 0.1) is 23.9 Å². The molecule has 1 atom stereocenters. The standard InChI is InChI=1S/C16H13N3O2/c1-2-21-16(20)19-12(10-17)6-7-13-14(19)8-5-11-4-3-9-18-15(11)13/h3-9,12H,2H2,1H3.